The Kier molecular flexibility index (Phi) is 13.0. The van der Waals surface area contributed by atoms with Gasteiger partial charge in [0.2, 0.25) is 0 Å². The van der Waals surface area contributed by atoms with Gasteiger partial charge in [0.25, 0.3) is 0 Å². The van der Waals surface area contributed by atoms with Gasteiger partial charge in [0.15, 0.2) is 0 Å². The average Bonchev–Trinajstić information content (AvgIpc) is 2.96. The Labute approximate surface area is 244 Å². The van der Waals surface area contributed by atoms with Crippen LogP contribution in [0.4, 0.5) is 0 Å². The Morgan fingerprint density at radius 1 is 0.650 bits per heavy atom. The van der Waals surface area contributed by atoms with Crippen LogP contribution in [-0.2, 0) is 25.7 Å². The van der Waals surface area contributed by atoms with Gasteiger partial charge < -0.3 is 5.11 Å². The van der Waals surface area contributed by atoms with Gasteiger partial charge in [-0.25, -0.2) is 4.79 Å². The molecule has 0 saturated heterocycles. The molecule has 0 saturated carbocycles. The van der Waals surface area contributed by atoms with Crippen molar-refractivity contribution >= 4 is 5.97 Å². The van der Waals surface area contributed by atoms with E-state index in [-0.39, 0.29) is 0 Å². The molecule has 0 aromatic heterocycles. The summed E-state index contributed by atoms with van der Waals surface area (Å²) >= 11 is 0. The monoisotopic (exact) mass is 540 g/mol. The van der Waals surface area contributed by atoms with Crippen molar-refractivity contribution in [2.24, 2.45) is 11.8 Å². The van der Waals surface area contributed by atoms with Gasteiger partial charge in [0.1, 0.15) is 0 Å². The van der Waals surface area contributed by atoms with E-state index in [2.05, 4.69) is 89.2 Å². The average molecular weight is 541 g/mol. The summed E-state index contributed by atoms with van der Waals surface area (Å²) in [5, 5.41) is 10.1. The van der Waals surface area contributed by atoms with Crippen LogP contribution in [0.5, 0.6) is 0 Å². The van der Waals surface area contributed by atoms with Crippen molar-refractivity contribution in [3.05, 3.63) is 105 Å². The normalized spacial score (nSPS) is 12.8. The van der Waals surface area contributed by atoms with Crippen LogP contribution >= 0.6 is 0 Å². The molecular weight excluding hydrogens is 488 g/mol. The smallest absolute Gasteiger partial charge is 0.335 e. The zero-order valence-corrected chi connectivity index (χ0v) is 25.8. The number of aromatic carboxylic acids is 1. The molecule has 2 atom stereocenters. The molecule has 216 valence electrons. The number of unbranched alkanes of at least 4 members (excludes halogenated alkanes) is 2. The molecule has 0 spiro atoms. The van der Waals surface area contributed by atoms with Crippen LogP contribution in [0, 0.1) is 18.8 Å². The number of rotatable bonds is 17. The van der Waals surface area contributed by atoms with Crippen molar-refractivity contribution in [2.75, 3.05) is 0 Å². The highest BCUT2D eigenvalue weighted by molar-refractivity contribution is 5.90. The van der Waals surface area contributed by atoms with Gasteiger partial charge >= 0.3 is 5.97 Å². The maximum atomic E-state index is 12.3. The largest absolute Gasteiger partial charge is 0.478 e. The highest BCUT2D eigenvalue weighted by Crippen LogP contribution is 2.25. The summed E-state index contributed by atoms with van der Waals surface area (Å²) in [6.07, 6.45) is 13.8. The van der Waals surface area contributed by atoms with Crippen LogP contribution < -0.4 is 0 Å². The summed E-state index contributed by atoms with van der Waals surface area (Å²) in [5.41, 5.74) is 8.76. The Hall–Kier alpha value is -2.87. The minimum atomic E-state index is -0.845. The fraction of sp³-hybridized carbons (Fsp3) is 0.500. The first-order valence-corrected chi connectivity index (χ1v) is 15.9. The third-order valence-corrected chi connectivity index (χ3v) is 8.76. The number of hydrogen-bond acceptors (Lipinski definition) is 1. The van der Waals surface area contributed by atoms with Crippen LogP contribution in [0.3, 0.4) is 0 Å². The first kappa shape index (κ1) is 31.7. The van der Waals surface area contributed by atoms with Crippen molar-refractivity contribution in [3.8, 4) is 0 Å². The topological polar surface area (TPSA) is 37.3 Å². The summed E-state index contributed by atoms with van der Waals surface area (Å²) in [6.45, 7) is 11.2. The van der Waals surface area contributed by atoms with Crippen LogP contribution in [0.1, 0.15) is 128 Å². The zero-order chi connectivity index (χ0) is 28.9. The van der Waals surface area contributed by atoms with Gasteiger partial charge in [-0.2, -0.15) is 0 Å². The standard InChI is InChI=1S/C38H52O2/c1-6-10-12-29(8-3)23-31-14-18-33(19-15-31)25-35-27-37(38(39)40)36(22-28(35)5)26-34-20-16-32(17-21-34)24-30(9-4)13-11-7-2/h14-22,27,29-30H,6-13,23-26H2,1-5H3,(H,39,40). The van der Waals surface area contributed by atoms with E-state index < -0.39 is 5.97 Å². The molecule has 40 heavy (non-hydrogen) atoms. The van der Waals surface area contributed by atoms with Crippen molar-refractivity contribution in [1.29, 1.82) is 0 Å². The Morgan fingerprint density at radius 3 is 1.48 bits per heavy atom. The molecule has 0 amide bonds. The second-order valence-corrected chi connectivity index (χ2v) is 12.0. The van der Waals surface area contributed by atoms with E-state index in [0.717, 1.165) is 47.8 Å². The van der Waals surface area contributed by atoms with E-state index >= 15 is 0 Å². The predicted octanol–water partition coefficient (Wildman–Crippen LogP) is 10.4. The minimum Gasteiger partial charge on any atom is -0.478 e. The van der Waals surface area contributed by atoms with Crippen molar-refractivity contribution in [1.82, 2.24) is 0 Å². The van der Waals surface area contributed by atoms with Crippen molar-refractivity contribution < 1.29 is 9.90 Å². The lowest BCUT2D eigenvalue weighted by molar-refractivity contribution is 0.0695. The van der Waals surface area contributed by atoms with Gasteiger partial charge in [-0.1, -0.05) is 134 Å². The fourth-order valence-electron chi connectivity index (χ4n) is 5.93. The quantitative estimate of drug-likeness (QED) is 0.185. The molecule has 3 aromatic rings. The maximum Gasteiger partial charge on any atom is 0.335 e. The van der Waals surface area contributed by atoms with Crippen LogP contribution in [0.25, 0.3) is 0 Å². The molecule has 0 heterocycles. The van der Waals surface area contributed by atoms with E-state index in [4.69, 9.17) is 0 Å². The highest BCUT2D eigenvalue weighted by atomic mass is 16.4. The fourth-order valence-corrected chi connectivity index (χ4v) is 5.93. The van der Waals surface area contributed by atoms with Gasteiger partial charge in [-0.3, -0.25) is 0 Å². The van der Waals surface area contributed by atoms with Crippen LogP contribution in [-0.4, -0.2) is 11.1 Å². The minimum absolute atomic E-state index is 0.425. The number of hydrogen-bond donors (Lipinski definition) is 1. The molecule has 0 aliphatic carbocycles. The molecule has 0 radical (unpaired) electrons. The maximum absolute atomic E-state index is 12.3. The molecule has 3 rings (SSSR count). The number of carboxylic acid groups (broad SMARTS) is 1. The summed E-state index contributed by atoms with van der Waals surface area (Å²) in [7, 11) is 0. The Morgan fingerprint density at radius 2 is 1.07 bits per heavy atom. The van der Waals surface area contributed by atoms with Crippen LogP contribution in [0.2, 0.25) is 0 Å². The van der Waals surface area contributed by atoms with Crippen molar-refractivity contribution in [3.63, 3.8) is 0 Å². The van der Waals surface area contributed by atoms with Gasteiger partial charge in [-0.05, 0) is 89.5 Å². The number of aryl methyl sites for hydroxylation is 1. The van der Waals surface area contributed by atoms with E-state index in [1.54, 1.807) is 0 Å². The van der Waals surface area contributed by atoms with E-state index in [0.29, 0.717) is 12.0 Å². The molecule has 2 heteroatoms. The van der Waals surface area contributed by atoms with Gasteiger partial charge in [-0.15, -0.1) is 0 Å². The summed E-state index contributed by atoms with van der Waals surface area (Å²) in [4.78, 5) is 12.3. The number of benzene rings is 3. The zero-order valence-electron chi connectivity index (χ0n) is 25.8. The van der Waals surface area contributed by atoms with E-state index in [1.807, 2.05) is 6.07 Å². The molecular formula is C38H52O2. The van der Waals surface area contributed by atoms with Gasteiger partial charge in [0, 0.05) is 0 Å². The Balaban J connectivity index is 1.70. The molecule has 0 aliphatic rings. The third-order valence-electron chi connectivity index (χ3n) is 8.76. The molecule has 3 aromatic carbocycles. The third kappa shape index (κ3) is 9.65. The first-order valence-electron chi connectivity index (χ1n) is 15.9. The summed E-state index contributed by atoms with van der Waals surface area (Å²) in [6, 6.07) is 21.8. The SMILES string of the molecule is CCCCC(CC)Cc1ccc(Cc2cc(C(=O)O)c(Cc3ccc(CC(CC)CCCC)cc3)cc2C)cc1. The summed E-state index contributed by atoms with van der Waals surface area (Å²) in [5.74, 6) is 0.659. The number of carboxylic acids is 1. The predicted molar refractivity (Wildman–Crippen MR) is 171 cm³/mol. The molecule has 2 nitrogen and oxygen atoms in total. The van der Waals surface area contributed by atoms with E-state index in [1.165, 1.54) is 73.6 Å². The molecule has 0 fully saturated rings. The second kappa shape index (κ2) is 16.4. The summed E-state index contributed by atoms with van der Waals surface area (Å²) < 4.78 is 0. The van der Waals surface area contributed by atoms with Crippen molar-refractivity contribution in [2.45, 2.75) is 112 Å². The Bertz CT molecular complexity index is 1170. The molecule has 2 unspecified atom stereocenters. The van der Waals surface area contributed by atoms with Crippen LogP contribution in [0.15, 0.2) is 60.7 Å². The number of carbonyl (C=O) groups is 1. The highest BCUT2D eigenvalue weighted by Gasteiger charge is 2.15. The molecule has 0 bridgehead atoms. The molecule has 1 N–H and O–H groups in total. The second-order valence-electron chi connectivity index (χ2n) is 12.0. The van der Waals surface area contributed by atoms with E-state index in [9.17, 15) is 9.90 Å². The van der Waals surface area contributed by atoms with Gasteiger partial charge in [0.05, 0.1) is 5.56 Å². The molecule has 0 aliphatic heterocycles. The first-order chi connectivity index (χ1) is 19.4. The lowest BCUT2D eigenvalue weighted by atomic mass is 9.89. The lowest BCUT2D eigenvalue weighted by Crippen LogP contribution is -2.07. The lowest BCUT2D eigenvalue weighted by Gasteiger charge is -2.16.